The van der Waals surface area contributed by atoms with Crippen molar-refractivity contribution in [1.82, 2.24) is 9.80 Å². The summed E-state index contributed by atoms with van der Waals surface area (Å²) in [6.07, 6.45) is 3.77. The molecule has 8 heteroatoms. The van der Waals surface area contributed by atoms with Crippen molar-refractivity contribution in [1.29, 1.82) is 5.41 Å². The lowest BCUT2D eigenvalue weighted by atomic mass is 10.2. The standard InChI is InChI=1S/C22H35N7O/c23-21(24)19-7-9-20(10-8-19)30-18-6-5-13-29-16-14-28(15-17-29)12-4-2-1-3-11-27-22(25)26/h7-10H,3-6,11-18H2,(H3,23,24)(H4,25,26,27). The minimum absolute atomic E-state index is 0.0779. The van der Waals surface area contributed by atoms with Gasteiger partial charge in [0, 0.05) is 51.1 Å². The number of nitrogen functional groups attached to an aromatic ring is 1. The van der Waals surface area contributed by atoms with E-state index in [1.54, 1.807) is 0 Å². The van der Waals surface area contributed by atoms with Crippen LogP contribution in [0.2, 0.25) is 0 Å². The largest absolute Gasteiger partial charge is 0.494 e. The maximum atomic E-state index is 7.40. The number of piperazine rings is 1. The maximum Gasteiger partial charge on any atom is 0.185 e. The molecule has 0 radical (unpaired) electrons. The van der Waals surface area contributed by atoms with Gasteiger partial charge in [0.05, 0.1) is 13.2 Å². The molecule has 8 nitrogen and oxygen atoms in total. The third-order valence-electron chi connectivity index (χ3n) is 4.98. The second-order valence-corrected chi connectivity index (χ2v) is 7.34. The molecular weight excluding hydrogens is 378 g/mol. The van der Waals surface area contributed by atoms with Crippen LogP contribution in [0, 0.1) is 17.3 Å². The highest BCUT2D eigenvalue weighted by molar-refractivity contribution is 5.94. The van der Waals surface area contributed by atoms with Crippen LogP contribution in [0.3, 0.4) is 0 Å². The molecule has 1 aromatic carbocycles. The Balaban J connectivity index is 1.48. The molecule has 1 saturated heterocycles. The van der Waals surface area contributed by atoms with Gasteiger partial charge in [-0.1, -0.05) is 0 Å². The second kappa shape index (κ2) is 13.5. The van der Waals surface area contributed by atoms with Crippen LogP contribution in [0.25, 0.3) is 0 Å². The van der Waals surface area contributed by atoms with Crippen molar-refractivity contribution in [2.45, 2.75) is 25.7 Å². The van der Waals surface area contributed by atoms with Crippen LogP contribution < -0.4 is 21.9 Å². The normalized spacial score (nSPS) is 14.5. The van der Waals surface area contributed by atoms with Crippen LogP contribution in [0.5, 0.6) is 5.75 Å². The number of nitrogens with one attached hydrogen (secondary N) is 1. The Hall–Kier alpha value is -2.76. The minimum Gasteiger partial charge on any atom is -0.494 e. The van der Waals surface area contributed by atoms with Crippen LogP contribution in [0.15, 0.2) is 29.3 Å². The average Bonchev–Trinajstić information content (AvgIpc) is 2.74. The van der Waals surface area contributed by atoms with Gasteiger partial charge >= 0.3 is 0 Å². The number of rotatable bonds is 11. The summed E-state index contributed by atoms with van der Waals surface area (Å²) < 4.78 is 5.77. The predicted molar refractivity (Wildman–Crippen MR) is 123 cm³/mol. The molecule has 1 aromatic rings. The number of aliphatic imine (C=N–C) groups is 1. The molecule has 2 rings (SSSR count). The van der Waals surface area contributed by atoms with Gasteiger partial charge < -0.3 is 26.8 Å². The minimum atomic E-state index is 0.0779. The lowest BCUT2D eigenvalue weighted by Gasteiger charge is -2.34. The third-order valence-corrected chi connectivity index (χ3v) is 4.98. The first-order valence-corrected chi connectivity index (χ1v) is 10.6. The number of guanidine groups is 1. The number of amidine groups is 1. The maximum absolute atomic E-state index is 7.40. The van der Waals surface area contributed by atoms with Gasteiger partial charge in [-0.3, -0.25) is 15.3 Å². The van der Waals surface area contributed by atoms with Crippen molar-refractivity contribution >= 4 is 11.8 Å². The molecular formula is C22H35N7O. The van der Waals surface area contributed by atoms with Gasteiger partial charge in [-0.15, -0.1) is 11.8 Å². The Morgan fingerprint density at radius 1 is 0.933 bits per heavy atom. The van der Waals surface area contributed by atoms with E-state index in [9.17, 15) is 0 Å². The summed E-state index contributed by atoms with van der Waals surface area (Å²) in [5.41, 5.74) is 16.7. The van der Waals surface area contributed by atoms with Crippen molar-refractivity contribution in [3.63, 3.8) is 0 Å². The topological polar surface area (TPSA) is 130 Å². The average molecular weight is 414 g/mol. The molecule has 0 unspecified atom stereocenters. The fourth-order valence-corrected chi connectivity index (χ4v) is 3.23. The Morgan fingerprint density at radius 2 is 1.57 bits per heavy atom. The summed E-state index contributed by atoms with van der Waals surface area (Å²) in [4.78, 5) is 8.92. The van der Waals surface area contributed by atoms with Crippen molar-refractivity contribution in [3.8, 4) is 17.6 Å². The van der Waals surface area contributed by atoms with Gasteiger partial charge in [-0.2, -0.15) is 0 Å². The number of benzene rings is 1. The van der Waals surface area contributed by atoms with Gasteiger partial charge in [0.25, 0.3) is 0 Å². The van der Waals surface area contributed by atoms with Gasteiger partial charge in [0.1, 0.15) is 11.6 Å². The number of hydrogen-bond acceptors (Lipinski definition) is 5. The van der Waals surface area contributed by atoms with E-state index in [0.29, 0.717) is 19.6 Å². The Bertz CT molecular complexity index is 724. The number of hydrogen-bond donors (Lipinski definition) is 4. The summed E-state index contributed by atoms with van der Waals surface area (Å²) in [5.74, 6) is 7.35. The molecule has 0 aliphatic carbocycles. The zero-order chi connectivity index (χ0) is 21.6. The molecule has 1 aliphatic heterocycles. The van der Waals surface area contributed by atoms with E-state index in [-0.39, 0.29) is 11.8 Å². The number of ether oxygens (including phenoxy) is 1. The molecule has 0 atom stereocenters. The van der Waals surface area contributed by atoms with Gasteiger partial charge in [-0.05, 0) is 43.7 Å². The highest BCUT2D eigenvalue weighted by Crippen LogP contribution is 2.12. The Labute approximate surface area is 179 Å². The molecule has 0 bridgehead atoms. The molecule has 164 valence electrons. The SMILES string of the molecule is N=C(N)c1ccc(OCCCCN2CCN(CCC#CCCN=C(N)N)CC2)cc1. The van der Waals surface area contributed by atoms with Gasteiger partial charge in [0.2, 0.25) is 0 Å². The van der Waals surface area contributed by atoms with E-state index >= 15 is 0 Å². The summed E-state index contributed by atoms with van der Waals surface area (Å²) >= 11 is 0. The molecule has 1 aliphatic rings. The number of nitrogens with two attached hydrogens (primary N) is 3. The lowest BCUT2D eigenvalue weighted by Crippen LogP contribution is -2.46. The Morgan fingerprint density at radius 3 is 2.20 bits per heavy atom. The van der Waals surface area contributed by atoms with Crippen molar-refractivity contribution in [2.75, 3.05) is 52.4 Å². The van der Waals surface area contributed by atoms with Crippen LogP contribution >= 0.6 is 0 Å². The molecule has 0 aromatic heterocycles. The molecule has 0 spiro atoms. The molecule has 1 fully saturated rings. The molecule has 30 heavy (non-hydrogen) atoms. The second-order valence-electron chi connectivity index (χ2n) is 7.34. The van der Waals surface area contributed by atoms with Crippen LogP contribution in [0.4, 0.5) is 0 Å². The fraction of sp³-hybridized carbons (Fsp3) is 0.545. The van der Waals surface area contributed by atoms with Crippen LogP contribution in [0.1, 0.15) is 31.2 Å². The fourth-order valence-electron chi connectivity index (χ4n) is 3.23. The summed E-state index contributed by atoms with van der Waals surface area (Å²) in [6.45, 7) is 7.87. The van der Waals surface area contributed by atoms with Crippen molar-refractivity contribution in [3.05, 3.63) is 29.8 Å². The third kappa shape index (κ3) is 9.63. The predicted octanol–water partition coefficient (Wildman–Crippen LogP) is 0.804. The van der Waals surface area contributed by atoms with Gasteiger partial charge in [-0.25, -0.2) is 0 Å². The van der Waals surface area contributed by atoms with E-state index in [0.717, 1.165) is 69.8 Å². The van der Waals surface area contributed by atoms with E-state index in [1.165, 1.54) is 0 Å². The first kappa shape index (κ1) is 23.5. The molecule has 7 N–H and O–H groups in total. The van der Waals surface area contributed by atoms with Crippen LogP contribution in [-0.2, 0) is 0 Å². The summed E-state index contributed by atoms with van der Waals surface area (Å²) in [7, 11) is 0. The van der Waals surface area contributed by atoms with Crippen molar-refractivity contribution in [2.24, 2.45) is 22.2 Å². The van der Waals surface area contributed by atoms with E-state index in [1.807, 2.05) is 24.3 Å². The lowest BCUT2D eigenvalue weighted by molar-refractivity contribution is 0.131. The highest BCUT2D eigenvalue weighted by atomic mass is 16.5. The molecule has 1 heterocycles. The first-order valence-electron chi connectivity index (χ1n) is 10.6. The summed E-state index contributed by atoms with van der Waals surface area (Å²) in [6, 6.07) is 7.36. The highest BCUT2D eigenvalue weighted by Gasteiger charge is 2.15. The quantitative estimate of drug-likeness (QED) is 0.184. The Kier molecular flexibility index (Phi) is 10.6. The van der Waals surface area contributed by atoms with Gasteiger partial charge in [0.15, 0.2) is 5.96 Å². The van der Waals surface area contributed by atoms with Crippen molar-refractivity contribution < 1.29 is 4.74 Å². The first-order chi connectivity index (χ1) is 14.5. The van der Waals surface area contributed by atoms with Crippen LogP contribution in [-0.4, -0.2) is 74.0 Å². The molecule has 0 amide bonds. The zero-order valence-electron chi connectivity index (χ0n) is 17.8. The van der Waals surface area contributed by atoms with E-state index < -0.39 is 0 Å². The summed E-state index contributed by atoms with van der Waals surface area (Å²) in [5, 5.41) is 7.40. The van der Waals surface area contributed by atoms with E-state index in [4.69, 9.17) is 27.3 Å². The number of unbranched alkanes of at least 4 members (excludes halogenated alkanes) is 1. The monoisotopic (exact) mass is 413 g/mol. The molecule has 0 saturated carbocycles. The zero-order valence-corrected chi connectivity index (χ0v) is 17.8. The number of nitrogens with zero attached hydrogens (tertiary/aromatic N) is 3. The van der Waals surface area contributed by atoms with E-state index in [2.05, 4.69) is 26.6 Å². The smallest absolute Gasteiger partial charge is 0.185 e.